The molecule has 0 N–H and O–H groups in total. The van der Waals surface area contributed by atoms with Crippen LogP contribution in [0.5, 0.6) is 0 Å². The molecule has 0 spiro atoms. The third-order valence-electron chi connectivity index (χ3n) is 4.20. The molecule has 2 unspecified atom stereocenters. The molecule has 3 fully saturated rings. The third kappa shape index (κ3) is 1.35. The number of carbonyl (C=O) groups is 1. The minimum Gasteiger partial charge on any atom is -0.340 e. The lowest BCUT2D eigenvalue weighted by molar-refractivity contribution is -0.136. The lowest BCUT2D eigenvalue weighted by Gasteiger charge is -2.24. The van der Waals surface area contributed by atoms with Gasteiger partial charge in [0.25, 0.3) is 0 Å². The van der Waals surface area contributed by atoms with E-state index in [0.29, 0.717) is 17.9 Å². The van der Waals surface area contributed by atoms with Gasteiger partial charge >= 0.3 is 0 Å². The first kappa shape index (κ1) is 8.75. The summed E-state index contributed by atoms with van der Waals surface area (Å²) in [7, 11) is 0. The molecule has 3 aliphatic carbocycles. The number of fused-ring (bicyclic) bond motifs is 1. The summed E-state index contributed by atoms with van der Waals surface area (Å²) in [5.74, 6) is 2.74. The second kappa shape index (κ2) is 2.98. The largest absolute Gasteiger partial charge is 0.340 e. The number of hydrogen-bond acceptors (Lipinski definition) is 1. The van der Waals surface area contributed by atoms with Crippen LogP contribution in [0, 0.1) is 17.8 Å². The molecule has 14 heavy (non-hydrogen) atoms. The second-order valence-corrected chi connectivity index (χ2v) is 5.28. The van der Waals surface area contributed by atoms with Gasteiger partial charge in [-0.3, -0.25) is 4.79 Å². The van der Waals surface area contributed by atoms with Gasteiger partial charge in [-0.25, -0.2) is 0 Å². The van der Waals surface area contributed by atoms with Gasteiger partial charge < -0.3 is 4.90 Å². The van der Waals surface area contributed by atoms with Gasteiger partial charge in [0.1, 0.15) is 0 Å². The zero-order valence-corrected chi connectivity index (χ0v) is 8.91. The molecule has 78 valence electrons. The zero-order valence-electron chi connectivity index (χ0n) is 8.91. The van der Waals surface area contributed by atoms with Crippen LogP contribution in [-0.2, 0) is 4.79 Å². The minimum absolute atomic E-state index is 0.402. The number of amides is 1. The van der Waals surface area contributed by atoms with Crippen LogP contribution in [0.1, 0.15) is 39.0 Å². The Labute approximate surface area is 85.7 Å². The summed E-state index contributed by atoms with van der Waals surface area (Å²) in [6.45, 7) is 3.04. The SMILES string of the molecule is CCN(C(=O)C1CC2CC2C1)C1CC1. The molecule has 3 aliphatic rings. The lowest BCUT2D eigenvalue weighted by Crippen LogP contribution is -2.37. The fourth-order valence-corrected chi connectivity index (χ4v) is 3.13. The molecule has 0 aromatic rings. The van der Waals surface area contributed by atoms with E-state index in [-0.39, 0.29) is 0 Å². The Morgan fingerprint density at radius 2 is 1.86 bits per heavy atom. The van der Waals surface area contributed by atoms with Gasteiger partial charge in [0.05, 0.1) is 0 Å². The van der Waals surface area contributed by atoms with E-state index in [9.17, 15) is 4.79 Å². The van der Waals surface area contributed by atoms with Crippen LogP contribution >= 0.6 is 0 Å². The summed E-state index contributed by atoms with van der Waals surface area (Å²) in [4.78, 5) is 14.3. The molecule has 0 aromatic heterocycles. The molecule has 0 saturated heterocycles. The number of hydrogen-bond donors (Lipinski definition) is 0. The first-order valence-corrected chi connectivity index (χ1v) is 6.10. The normalized spacial score (nSPS) is 39.4. The Kier molecular flexibility index (Phi) is 1.86. The highest BCUT2D eigenvalue weighted by atomic mass is 16.2. The smallest absolute Gasteiger partial charge is 0.225 e. The quantitative estimate of drug-likeness (QED) is 0.671. The summed E-state index contributed by atoms with van der Waals surface area (Å²) in [5, 5.41) is 0. The molecule has 0 radical (unpaired) electrons. The van der Waals surface area contributed by atoms with Crippen LogP contribution in [-0.4, -0.2) is 23.4 Å². The van der Waals surface area contributed by atoms with Crippen molar-refractivity contribution in [2.75, 3.05) is 6.54 Å². The van der Waals surface area contributed by atoms with Gasteiger partial charge in [-0.1, -0.05) is 0 Å². The molecule has 0 bridgehead atoms. The highest BCUT2D eigenvalue weighted by molar-refractivity contribution is 5.80. The second-order valence-electron chi connectivity index (χ2n) is 5.28. The zero-order chi connectivity index (χ0) is 9.71. The maximum Gasteiger partial charge on any atom is 0.225 e. The molecular weight excluding hydrogens is 174 g/mol. The Balaban J connectivity index is 1.62. The van der Waals surface area contributed by atoms with Crippen LogP contribution in [0.25, 0.3) is 0 Å². The summed E-state index contributed by atoms with van der Waals surface area (Å²) in [6.07, 6.45) is 6.32. The first-order chi connectivity index (χ1) is 6.79. The van der Waals surface area contributed by atoms with Crippen LogP contribution in [0.15, 0.2) is 0 Å². The molecule has 0 aromatic carbocycles. The van der Waals surface area contributed by atoms with Gasteiger partial charge in [-0.15, -0.1) is 0 Å². The van der Waals surface area contributed by atoms with Crippen LogP contribution in [0.2, 0.25) is 0 Å². The lowest BCUT2D eigenvalue weighted by atomic mass is 10.0. The highest BCUT2D eigenvalue weighted by Gasteiger charge is 2.49. The molecule has 3 rings (SSSR count). The molecule has 2 heteroatoms. The molecule has 2 nitrogen and oxygen atoms in total. The summed E-state index contributed by atoms with van der Waals surface area (Å²) >= 11 is 0. The first-order valence-electron chi connectivity index (χ1n) is 6.10. The van der Waals surface area contributed by atoms with Gasteiger partial charge in [0.15, 0.2) is 0 Å². The van der Waals surface area contributed by atoms with Crippen LogP contribution in [0.3, 0.4) is 0 Å². The molecule has 0 heterocycles. The number of nitrogens with zero attached hydrogens (tertiary/aromatic N) is 1. The Bertz CT molecular complexity index is 249. The third-order valence-corrected chi connectivity index (χ3v) is 4.20. The maximum absolute atomic E-state index is 12.2. The van der Waals surface area contributed by atoms with Crippen molar-refractivity contribution >= 4 is 5.91 Å². The predicted molar refractivity (Wildman–Crippen MR) is 54.7 cm³/mol. The van der Waals surface area contributed by atoms with Crippen molar-refractivity contribution in [2.24, 2.45) is 17.8 Å². The monoisotopic (exact) mass is 193 g/mol. The van der Waals surface area contributed by atoms with E-state index in [4.69, 9.17) is 0 Å². The van der Waals surface area contributed by atoms with Crippen LogP contribution in [0.4, 0.5) is 0 Å². The summed E-state index contributed by atoms with van der Waals surface area (Å²) in [5.41, 5.74) is 0. The van der Waals surface area contributed by atoms with E-state index in [1.54, 1.807) is 0 Å². The van der Waals surface area contributed by atoms with Crippen molar-refractivity contribution in [3.63, 3.8) is 0 Å². The minimum atomic E-state index is 0.402. The van der Waals surface area contributed by atoms with Crippen LogP contribution < -0.4 is 0 Å². The van der Waals surface area contributed by atoms with E-state index >= 15 is 0 Å². The van der Waals surface area contributed by atoms with E-state index in [0.717, 1.165) is 18.4 Å². The van der Waals surface area contributed by atoms with Gasteiger partial charge in [-0.2, -0.15) is 0 Å². The summed E-state index contributed by atoms with van der Waals surface area (Å²) in [6, 6.07) is 0.615. The van der Waals surface area contributed by atoms with E-state index < -0.39 is 0 Å². The topological polar surface area (TPSA) is 20.3 Å². The molecular formula is C12H19NO. The fourth-order valence-electron chi connectivity index (χ4n) is 3.13. The fraction of sp³-hybridized carbons (Fsp3) is 0.917. The molecule has 3 saturated carbocycles. The number of rotatable bonds is 3. The van der Waals surface area contributed by atoms with Gasteiger partial charge in [-0.05, 0) is 50.9 Å². The number of carbonyl (C=O) groups excluding carboxylic acids is 1. The van der Waals surface area contributed by atoms with Gasteiger partial charge in [0, 0.05) is 18.5 Å². The average molecular weight is 193 g/mol. The van der Waals surface area contributed by atoms with Crippen molar-refractivity contribution in [3.8, 4) is 0 Å². The molecule has 0 aliphatic heterocycles. The van der Waals surface area contributed by atoms with Gasteiger partial charge in [0.2, 0.25) is 5.91 Å². The van der Waals surface area contributed by atoms with Crippen molar-refractivity contribution in [1.82, 2.24) is 4.90 Å². The Morgan fingerprint density at radius 3 is 2.36 bits per heavy atom. The Hall–Kier alpha value is -0.530. The molecule has 1 amide bonds. The standard InChI is InChI=1S/C12H19NO/c1-2-13(11-3-4-11)12(14)10-6-8-5-9(8)7-10/h8-11H,2-7H2,1H3. The predicted octanol–water partition coefficient (Wildman–Crippen LogP) is 2.04. The van der Waals surface area contributed by atoms with E-state index in [1.165, 1.54) is 32.1 Å². The van der Waals surface area contributed by atoms with Crippen molar-refractivity contribution < 1.29 is 4.79 Å². The van der Waals surface area contributed by atoms with Crippen molar-refractivity contribution in [2.45, 2.75) is 45.1 Å². The maximum atomic E-state index is 12.2. The Morgan fingerprint density at radius 1 is 1.21 bits per heavy atom. The highest BCUT2D eigenvalue weighted by Crippen LogP contribution is 2.54. The van der Waals surface area contributed by atoms with Crippen molar-refractivity contribution in [1.29, 1.82) is 0 Å². The van der Waals surface area contributed by atoms with Crippen molar-refractivity contribution in [3.05, 3.63) is 0 Å². The molecule has 2 atom stereocenters. The summed E-state index contributed by atoms with van der Waals surface area (Å²) < 4.78 is 0. The van der Waals surface area contributed by atoms with E-state index in [2.05, 4.69) is 11.8 Å². The van der Waals surface area contributed by atoms with E-state index in [1.807, 2.05) is 0 Å². The average Bonchev–Trinajstić information content (AvgIpc) is 3.09.